The molecule has 0 aliphatic rings. The molecule has 6 nitrogen and oxygen atoms in total. The van der Waals surface area contributed by atoms with E-state index >= 15 is 0 Å². The molecular weight excluding hydrogens is 406 g/mol. The average Bonchev–Trinajstić information content (AvgIpc) is 2.44. The molecule has 1 rings (SSSR count). The summed E-state index contributed by atoms with van der Waals surface area (Å²) in [6.07, 6.45) is 0.905. The van der Waals surface area contributed by atoms with Gasteiger partial charge in [-0.1, -0.05) is 6.92 Å². The van der Waals surface area contributed by atoms with Crippen LogP contribution in [-0.2, 0) is 0 Å². The van der Waals surface area contributed by atoms with Gasteiger partial charge < -0.3 is 4.74 Å². The first kappa shape index (κ1) is 17.9. The molecule has 0 bridgehead atoms. The number of rotatable bonds is 7. The molecule has 1 aromatic carbocycles. The maximum Gasteiger partial charge on any atom is 0.271 e. The van der Waals surface area contributed by atoms with Crippen molar-refractivity contribution in [1.29, 1.82) is 5.26 Å². The fraction of sp³-hybridized carbons (Fsp3) is 0.462. The molecule has 21 heavy (non-hydrogen) atoms. The van der Waals surface area contributed by atoms with E-state index in [-0.39, 0.29) is 12.3 Å². The first-order valence-corrected chi connectivity index (χ1v) is 7.84. The van der Waals surface area contributed by atoms with Crippen LogP contribution in [0.2, 0.25) is 0 Å². The Morgan fingerprint density at radius 3 is 2.48 bits per heavy atom. The van der Waals surface area contributed by atoms with Crippen LogP contribution in [0.3, 0.4) is 0 Å². The van der Waals surface area contributed by atoms with Crippen molar-refractivity contribution in [3.8, 4) is 11.8 Å². The van der Waals surface area contributed by atoms with Gasteiger partial charge in [0.15, 0.2) is 0 Å². The van der Waals surface area contributed by atoms with E-state index in [9.17, 15) is 15.4 Å². The maximum atomic E-state index is 10.8. The number of nitro groups is 1. The predicted octanol–water partition coefficient (Wildman–Crippen LogP) is 3.78. The predicted molar refractivity (Wildman–Crippen MR) is 86.3 cm³/mol. The lowest BCUT2D eigenvalue weighted by atomic mass is 10.1. The molecule has 1 N–H and O–H groups in total. The molecule has 1 atom stereocenters. The first-order valence-electron chi connectivity index (χ1n) is 6.25. The Bertz CT molecular complexity index is 551. The van der Waals surface area contributed by atoms with Crippen LogP contribution in [-0.4, -0.2) is 23.6 Å². The molecule has 0 aliphatic heterocycles. The van der Waals surface area contributed by atoms with Gasteiger partial charge in [-0.2, -0.15) is 5.26 Å². The molecule has 0 amide bonds. The zero-order valence-corrected chi connectivity index (χ0v) is 14.8. The summed E-state index contributed by atoms with van der Waals surface area (Å²) in [7, 11) is 0. The van der Waals surface area contributed by atoms with Crippen LogP contribution in [0.4, 0.5) is 5.69 Å². The Kier molecular flexibility index (Phi) is 6.58. The van der Waals surface area contributed by atoms with Gasteiger partial charge in [-0.05, 0) is 51.7 Å². The lowest BCUT2D eigenvalue weighted by Gasteiger charge is -2.24. The van der Waals surface area contributed by atoms with Crippen LogP contribution in [0.5, 0.6) is 5.75 Å². The highest BCUT2D eigenvalue weighted by atomic mass is 79.9. The third kappa shape index (κ3) is 4.95. The smallest absolute Gasteiger partial charge is 0.271 e. The molecule has 0 saturated carbocycles. The summed E-state index contributed by atoms with van der Waals surface area (Å²) in [5.74, 6) is 0.431. The monoisotopic (exact) mass is 419 g/mol. The lowest BCUT2D eigenvalue weighted by Crippen LogP contribution is -2.46. The number of hydrogen-bond donors (Lipinski definition) is 1. The van der Waals surface area contributed by atoms with Crippen molar-refractivity contribution in [2.45, 2.75) is 25.8 Å². The third-order valence-corrected chi connectivity index (χ3v) is 3.89. The molecular formula is C13H15Br2N3O3. The Hall–Kier alpha value is -1.17. The van der Waals surface area contributed by atoms with Gasteiger partial charge in [-0.3, -0.25) is 15.4 Å². The molecule has 0 saturated heterocycles. The molecule has 1 aromatic rings. The summed E-state index contributed by atoms with van der Waals surface area (Å²) in [6, 6.07) is 4.91. The molecule has 1 unspecified atom stereocenters. The number of nitrogens with one attached hydrogen (secondary N) is 1. The van der Waals surface area contributed by atoms with Gasteiger partial charge in [-0.25, -0.2) is 0 Å². The minimum atomic E-state index is -0.823. The second-order valence-corrected chi connectivity index (χ2v) is 6.36. The fourth-order valence-electron chi connectivity index (χ4n) is 1.53. The van der Waals surface area contributed by atoms with Crippen molar-refractivity contribution in [2.75, 3.05) is 13.2 Å². The van der Waals surface area contributed by atoms with E-state index < -0.39 is 10.5 Å². The van der Waals surface area contributed by atoms with Crippen LogP contribution in [0.1, 0.15) is 20.3 Å². The SMILES string of the molecule is CCCNC(C)(C#N)COc1c(Br)cc([N+](=O)[O-])cc1Br. The molecule has 0 spiro atoms. The number of nitriles is 1. The third-order valence-electron chi connectivity index (χ3n) is 2.71. The van der Waals surface area contributed by atoms with Gasteiger partial charge in [0.25, 0.3) is 5.69 Å². The largest absolute Gasteiger partial charge is 0.488 e. The van der Waals surface area contributed by atoms with Gasteiger partial charge in [0.2, 0.25) is 0 Å². The van der Waals surface area contributed by atoms with Crippen molar-refractivity contribution in [3.63, 3.8) is 0 Å². The number of non-ortho nitro benzene ring substituents is 1. The van der Waals surface area contributed by atoms with Gasteiger partial charge in [-0.15, -0.1) is 0 Å². The highest BCUT2D eigenvalue weighted by Crippen LogP contribution is 2.37. The summed E-state index contributed by atoms with van der Waals surface area (Å²) < 4.78 is 6.57. The standard InChI is InChI=1S/C13H15Br2N3O3/c1-3-4-17-13(2,7-16)8-21-12-10(14)5-9(18(19)20)6-11(12)15/h5-6,17H,3-4,8H2,1-2H3. The van der Waals surface area contributed by atoms with E-state index in [4.69, 9.17) is 4.74 Å². The molecule has 0 heterocycles. The second-order valence-electron chi connectivity index (χ2n) is 4.66. The molecule has 0 aliphatic carbocycles. The van der Waals surface area contributed by atoms with Crippen LogP contribution in [0.25, 0.3) is 0 Å². The topological polar surface area (TPSA) is 88.2 Å². The number of nitro benzene ring substituents is 1. The minimum Gasteiger partial charge on any atom is -0.488 e. The average molecular weight is 421 g/mol. The fourth-order valence-corrected chi connectivity index (χ4v) is 2.92. The van der Waals surface area contributed by atoms with E-state index in [1.807, 2.05) is 6.92 Å². The highest BCUT2D eigenvalue weighted by molar-refractivity contribution is 9.11. The minimum absolute atomic E-state index is 0.0479. The number of hydrogen-bond acceptors (Lipinski definition) is 5. The van der Waals surface area contributed by atoms with Crippen molar-refractivity contribution in [1.82, 2.24) is 5.32 Å². The van der Waals surface area contributed by atoms with E-state index in [2.05, 4.69) is 43.2 Å². The zero-order chi connectivity index (χ0) is 16.0. The van der Waals surface area contributed by atoms with Gasteiger partial charge in [0.05, 0.1) is 19.9 Å². The van der Waals surface area contributed by atoms with Crippen LogP contribution in [0.15, 0.2) is 21.1 Å². The van der Waals surface area contributed by atoms with E-state index in [0.29, 0.717) is 21.2 Å². The van der Waals surface area contributed by atoms with Crippen molar-refractivity contribution in [3.05, 3.63) is 31.2 Å². The van der Waals surface area contributed by atoms with Gasteiger partial charge in [0.1, 0.15) is 17.9 Å². The van der Waals surface area contributed by atoms with Crippen molar-refractivity contribution >= 4 is 37.5 Å². The molecule has 114 valence electrons. The summed E-state index contributed by atoms with van der Waals surface area (Å²) >= 11 is 6.49. The van der Waals surface area contributed by atoms with E-state index in [0.717, 1.165) is 6.42 Å². The molecule has 0 aromatic heterocycles. The van der Waals surface area contributed by atoms with Gasteiger partial charge in [0, 0.05) is 12.1 Å². The van der Waals surface area contributed by atoms with E-state index in [1.165, 1.54) is 12.1 Å². The summed E-state index contributed by atoms with van der Waals surface area (Å²) in [6.45, 7) is 4.58. The number of nitrogens with zero attached hydrogens (tertiary/aromatic N) is 2. The normalized spacial score (nSPS) is 13.3. The van der Waals surface area contributed by atoms with Gasteiger partial charge >= 0.3 is 0 Å². The number of benzene rings is 1. The quantitative estimate of drug-likeness (QED) is 0.535. The maximum absolute atomic E-state index is 10.8. The summed E-state index contributed by atoms with van der Waals surface area (Å²) in [5, 5.41) is 23.1. The first-order chi connectivity index (χ1) is 9.83. The molecule has 0 fully saturated rings. The zero-order valence-electron chi connectivity index (χ0n) is 11.7. The molecule has 0 radical (unpaired) electrons. The Labute approximate surface area is 139 Å². The Morgan fingerprint density at radius 2 is 2.05 bits per heavy atom. The van der Waals surface area contributed by atoms with Crippen LogP contribution < -0.4 is 10.1 Å². The Balaban J connectivity index is 2.89. The highest BCUT2D eigenvalue weighted by Gasteiger charge is 2.25. The number of halogens is 2. The van der Waals surface area contributed by atoms with E-state index in [1.54, 1.807) is 6.92 Å². The lowest BCUT2D eigenvalue weighted by molar-refractivity contribution is -0.385. The number of ether oxygens (including phenoxy) is 1. The van der Waals surface area contributed by atoms with Crippen LogP contribution >= 0.6 is 31.9 Å². The Morgan fingerprint density at radius 1 is 1.48 bits per heavy atom. The summed E-state index contributed by atoms with van der Waals surface area (Å²) in [4.78, 5) is 10.3. The molecule has 8 heteroatoms. The van der Waals surface area contributed by atoms with Crippen LogP contribution in [0, 0.1) is 21.4 Å². The van der Waals surface area contributed by atoms with Crippen molar-refractivity contribution < 1.29 is 9.66 Å². The second kappa shape index (κ2) is 7.73. The van der Waals surface area contributed by atoms with Crippen molar-refractivity contribution in [2.24, 2.45) is 0 Å². The summed E-state index contributed by atoms with van der Waals surface area (Å²) in [5.41, 5.74) is -0.871.